The van der Waals surface area contributed by atoms with Gasteiger partial charge >= 0.3 is 0 Å². The molecule has 1 aliphatic heterocycles. The summed E-state index contributed by atoms with van der Waals surface area (Å²) in [5.74, 6) is 2.86. The topological polar surface area (TPSA) is 69.6 Å². The van der Waals surface area contributed by atoms with Crippen LogP contribution in [0.2, 0.25) is 0 Å². The maximum atomic E-state index is 10.7. The van der Waals surface area contributed by atoms with Crippen LogP contribution < -0.4 is 18.9 Å². The van der Waals surface area contributed by atoms with Crippen LogP contribution in [0.3, 0.4) is 0 Å². The smallest absolute Gasteiger partial charge is 0.231 e. The Kier molecular flexibility index (Phi) is 8.25. The fourth-order valence-corrected chi connectivity index (χ4v) is 3.96. The molecule has 0 saturated carbocycles. The minimum Gasteiger partial charge on any atom is -0.493 e. The number of hydrogen-bond donors (Lipinski definition) is 1. The Balaban J connectivity index is 1.43. The lowest BCUT2D eigenvalue weighted by atomic mass is 10.1. The van der Waals surface area contributed by atoms with Crippen LogP contribution in [0.1, 0.15) is 16.7 Å². The summed E-state index contributed by atoms with van der Waals surface area (Å²) >= 11 is 0. The molecule has 1 aliphatic rings. The van der Waals surface area contributed by atoms with E-state index in [2.05, 4.69) is 4.90 Å². The number of rotatable bonds is 12. The van der Waals surface area contributed by atoms with Gasteiger partial charge in [0.15, 0.2) is 23.0 Å². The zero-order chi connectivity index (χ0) is 23.8. The van der Waals surface area contributed by atoms with Gasteiger partial charge in [0, 0.05) is 19.6 Å². The summed E-state index contributed by atoms with van der Waals surface area (Å²) in [5.41, 5.74) is 3.20. The van der Waals surface area contributed by atoms with Crippen molar-refractivity contribution in [2.45, 2.75) is 25.8 Å². The number of fused-ring (bicyclic) bond motifs is 1. The van der Waals surface area contributed by atoms with Gasteiger partial charge in [-0.05, 0) is 41.0 Å². The van der Waals surface area contributed by atoms with Crippen LogP contribution in [0.5, 0.6) is 23.0 Å². The lowest BCUT2D eigenvalue weighted by Gasteiger charge is -2.26. The number of hydrogen-bond acceptors (Lipinski definition) is 7. The predicted molar refractivity (Wildman–Crippen MR) is 128 cm³/mol. The van der Waals surface area contributed by atoms with E-state index in [0.717, 1.165) is 28.2 Å². The summed E-state index contributed by atoms with van der Waals surface area (Å²) in [7, 11) is 3.25. The fourth-order valence-electron chi connectivity index (χ4n) is 3.96. The van der Waals surface area contributed by atoms with E-state index in [9.17, 15) is 5.11 Å². The van der Waals surface area contributed by atoms with E-state index < -0.39 is 6.10 Å². The van der Waals surface area contributed by atoms with Crippen LogP contribution in [-0.2, 0) is 24.4 Å². The van der Waals surface area contributed by atoms with Crippen molar-refractivity contribution in [1.29, 1.82) is 0 Å². The first-order valence-electron chi connectivity index (χ1n) is 11.3. The second-order valence-electron chi connectivity index (χ2n) is 8.20. The second-order valence-corrected chi connectivity index (χ2v) is 8.20. The molecule has 7 nitrogen and oxygen atoms in total. The first kappa shape index (κ1) is 23.9. The van der Waals surface area contributed by atoms with E-state index in [1.807, 2.05) is 66.7 Å². The highest BCUT2D eigenvalue weighted by Gasteiger charge is 2.18. The first-order valence-corrected chi connectivity index (χ1v) is 11.3. The molecule has 0 fully saturated rings. The molecule has 0 aromatic heterocycles. The van der Waals surface area contributed by atoms with Gasteiger partial charge in [0.1, 0.15) is 0 Å². The lowest BCUT2D eigenvalue weighted by Crippen LogP contribution is -2.34. The molecule has 0 bridgehead atoms. The highest BCUT2D eigenvalue weighted by Crippen LogP contribution is 2.33. The number of nitrogens with zero attached hydrogens (tertiary/aromatic N) is 1. The molecular formula is C27H31NO6. The molecule has 0 saturated heterocycles. The van der Waals surface area contributed by atoms with Crippen molar-refractivity contribution in [2.24, 2.45) is 0 Å². The van der Waals surface area contributed by atoms with Crippen molar-refractivity contribution >= 4 is 0 Å². The highest BCUT2D eigenvalue weighted by atomic mass is 16.7. The van der Waals surface area contributed by atoms with E-state index >= 15 is 0 Å². The first-order chi connectivity index (χ1) is 16.6. The fraction of sp³-hybridized carbons (Fsp3) is 0.333. The largest absolute Gasteiger partial charge is 0.493 e. The van der Waals surface area contributed by atoms with Gasteiger partial charge in [-0.2, -0.15) is 0 Å². The molecule has 0 unspecified atom stereocenters. The maximum Gasteiger partial charge on any atom is 0.231 e. The summed E-state index contributed by atoms with van der Waals surface area (Å²) in [6, 6.07) is 21.7. The van der Waals surface area contributed by atoms with Gasteiger partial charge in [-0.25, -0.2) is 0 Å². The monoisotopic (exact) mass is 465 g/mol. The molecule has 4 rings (SSSR count). The number of aliphatic hydroxyl groups is 1. The van der Waals surface area contributed by atoms with E-state index in [1.165, 1.54) is 0 Å². The van der Waals surface area contributed by atoms with Crippen LogP contribution in [0, 0.1) is 0 Å². The Hall–Kier alpha value is -3.26. The lowest BCUT2D eigenvalue weighted by molar-refractivity contribution is 0.00711. The molecular weight excluding hydrogens is 434 g/mol. The Bertz CT molecular complexity index is 1060. The molecule has 0 radical (unpaired) electrons. The van der Waals surface area contributed by atoms with E-state index in [1.54, 1.807) is 14.2 Å². The van der Waals surface area contributed by atoms with Crippen LogP contribution in [-0.4, -0.2) is 50.3 Å². The van der Waals surface area contributed by atoms with Crippen molar-refractivity contribution < 1.29 is 28.8 Å². The standard InChI is InChI=1S/C27H31NO6/c1-30-24-10-8-21(12-26(24)31-2)14-28(15-22-9-11-25-27(13-22)34-19-33-25)16-23(29)18-32-17-20-6-4-3-5-7-20/h3-13,23,29H,14-19H2,1-2H3/t23-/m1/s1. The molecule has 1 atom stereocenters. The Morgan fingerprint density at radius 2 is 1.53 bits per heavy atom. The van der Waals surface area contributed by atoms with Crippen LogP contribution in [0.4, 0.5) is 0 Å². The minimum atomic E-state index is -0.641. The van der Waals surface area contributed by atoms with E-state index in [-0.39, 0.29) is 13.4 Å². The average Bonchev–Trinajstić information content (AvgIpc) is 3.32. The van der Waals surface area contributed by atoms with Gasteiger partial charge in [-0.1, -0.05) is 42.5 Å². The van der Waals surface area contributed by atoms with Gasteiger partial charge < -0.3 is 28.8 Å². The predicted octanol–water partition coefficient (Wildman–Crippen LogP) is 4.01. The van der Waals surface area contributed by atoms with Crippen LogP contribution in [0.15, 0.2) is 66.7 Å². The minimum absolute atomic E-state index is 0.242. The molecule has 3 aromatic carbocycles. The Morgan fingerprint density at radius 3 is 2.29 bits per heavy atom. The third-order valence-corrected chi connectivity index (χ3v) is 5.59. The quantitative estimate of drug-likeness (QED) is 0.433. The van der Waals surface area contributed by atoms with Gasteiger partial charge in [-0.3, -0.25) is 4.90 Å². The summed E-state index contributed by atoms with van der Waals surface area (Å²) in [6.07, 6.45) is -0.641. The summed E-state index contributed by atoms with van der Waals surface area (Å²) in [5, 5.41) is 10.7. The van der Waals surface area contributed by atoms with Gasteiger partial charge in [0.2, 0.25) is 6.79 Å². The van der Waals surface area contributed by atoms with Gasteiger partial charge in [-0.15, -0.1) is 0 Å². The number of methoxy groups -OCH3 is 2. The third kappa shape index (κ3) is 6.41. The van der Waals surface area contributed by atoms with Crippen LogP contribution >= 0.6 is 0 Å². The molecule has 1 heterocycles. The summed E-state index contributed by atoms with van der Waals surface area (Å²) in [4.78, 5) is 2.18. The molecule has 0 spiro atoms. The third-order valence-electron chi connectivity index (χ3n) is 5.59. The molecule has 1 N–H and O–H groups in total. The average molecular weight is 466 g/mol. The molecule has 34 heavy (non-hydrogen) atoms. The molecule has 3 aromatic rings. The normalized spacial score (nSPS) is 13.2. The van der Waals surface area contributed by atoms with E-state index in [0.29, 0.717) is 37.7 Å². The highest BCUT2D eigenvalue weighted by molar-refractivity contribution is 5.45. The maximum absolute atomic E-state index is 10.7. The van der Waals surface area contributed by atoms with E-state index in [4.69, 9.17) is 23.7 Å². The number of aliphatic hydroxyl groups excluding tert-OH is 1. The van der Waals surface area contributed by atoms with Gasteiger partial charge in [0.25, 0.3) is 0 Å². The zero-order valence-corrected chi connectivity index (χ0v) is 19.6. The zero-order valence-electron chi connectivity index (χ0n) is 19.6. The Morgan fingerprint density at radius 1 is 0.824 bits per heavy atom. The summed E-state index contributed by atoms with van der Waals surface area (Å²) in [6.45, 7) is 2.64. The molecule has 7 heteroatoms. The Labute approximate surface area is 200 Å². The number of ether oxygens (including phenoxy) is 5. The molecule has 0 amide bonds. The van der Waals surface area contributed by atoms with Crippen molar-refractivity contribution in [3.63, 3.8) is 0 Å². The molecule has 0 aliphatic carbocycles. The van der Waals surface area contributed by atoms with Crippen molar-refractivity contribution in [3.05, 3.63) is 83.4 Å². The number of benzene rings is 3. The van der Waals surface area contributed by atoms with Crippen molar-refractivity contribution in [3.8, 4) is 23.0 Å². The van der Waals surface area contributed by atoms with Crippen LogP contribution in [0.25, 0.3) is 0 Å². The van der Waals surface area contributed by atoms with Crippen molar-refractivity contribution in [1.82, 2.24) is 4.90 Å². The summed E-state index contributed by atoms with van der Waals surface area (Å²) < 4.78 is 27.5. The van der Waals surface area contributed by atoms with Gasteiger partial charge in [0.05, 0.1) is 33.5 Å². The molecule has 180 valence electrons. The second kappa shape index (κ2) is 11.7. The SMILES string of the molecule is COc1ccc(CN(Cc2ccc3c(c2)OCO3)C[C@@H](O)COCc2ccccc2)cc1OC. The van der Waals surface area contributed by atoms with Crippen molar-refractivity contribution in [2.75, 3.05) is 34.2 Å².